The highest BCUT2D eigenvalue weighted by Gasteiger charge is 2.44. The number of nitrogens with one attached hydrogen (secondary N) is 1. The van der Waals surface area contributed by atoms with E-state index in [1.807, 2.05) is 0 Å². The van der Waals surface area contributed by atoms with Crippen LogP contribution in [0.25, 0.3) is 0 Å². The standard InChI is InChI=1S/C16H11ClF4N2O3S/c17-13-6-11(18)2-4-14(13)22-27(25,26)12-3-1-9-7-23(8-10(9)5-12)15(24)16(19,20)21/h1-6,22H,7-8H2. The normalized spacial score (nSPS) is 14.2. The van der Waals surface area contributed by atoms with Crippen molar-refractivity contribution in [1.29, 1.82) is 0 Å². The summed E-state index contributed by atoms with van der Waals surface area (Å²) in [6, 6.07) is 6.85. The van der Waals surface area contributed by atoms with E-state index in [-0.39, 0.29) is 28.7 Å². The number of anilines is 1. The number of sulfonamides is 1. The third-order valence-corrected chi connectivity index (χ3v) is 5.59. The van der Waals surface area contributed by atoms with E-state index < -0.39 is 27.9 Å². The summed E-state index contributed by atoms with van der Waals surface area (Å²) in [5, 5.41) is -0.151. The third-order valence-electron chi connectivity index (χ3n) is 3.92. The maximum Gasteiger partial charge on any atom is 0.471 e. The highest BCUT2D eigenvalue weighted by Crippen LogP contribution is 2.31. The number of carbonyl (C=O) groups is 1. The van der Waals surface area contributed by atoms with Crippen molar-refractivity contribution in [2.75, 3.05) is 4.72 Å². The lowest BCUT2D eigenvalue weighted by atomic mass is 10.1. The average Bonchev–Trinajstić information content (AvgIpc) is 2.98. The summed E-state index contributed by atoms with van der Waals surface area (Å²) in [5.74, 6) is -2.63. The van der Waals surface area contributed by atoms with Crippen LogP contribution in [0.4, 0.5) is 23.2 Å². The summed E-state index contributed by atoms with van der Waals surface area (Å²) in [7, 11) is -4.12. The van der Waals surface area contributed by atoms with Gasteiger partial charge in [0.1, 0.15) is 5.82 Å². The van der Waals surface area contributed by atoms with Gasteiger partial charge >= 0.3 is 12.1 Å². The Hall–Kier alpha value is -2.33. The van der Waals surface area contributed by atoms with Gasteiger partial charge in [0.25, 0.3) is 10.0 Å². The van der Waals surface area contributed by atoms with Crippen LogP contribution in [0.2, 0.25) is 5.02 Å². The number of fused-ring (bicyclic) bond motifs is 1. The second kappa shape index (κ2) is 6.68. The van der Waals surface area contributed by atoms with Crippen LogP contribution >= 0.6 is 11.6 Å². The molecule has 27 heavy (non-hydrogen) atoms. The molecule has 0 atom stereocenters. The van der Waals surface area contributed by atoms with Gasteiger partial charge in [-0.15, -0.1) is 0 Å². The minimum Gasteiger partial charge on any atom is -0.326 e. The van der Waals surface area contributed by atoms with Gasteiger partial charge in [-0.25, -0.2) is 12.8 Å². The van der Waals surface area contributed by atoms with E-state index in [1.165, 1.54) is 18.2 Å². The highest BCUT2D eigenvalue weighted by molar-refractivity contribution is 7.92. The molecule has 0 bridgehead atoms. The van der Waals surface area contributed by atoms with Crippen molar-refractivity contribution in [2.45, 2.75) is 24.2 Å². The summed E-state index contributed by atoms with van der Waals surface area (Å²) < 4.78 is 77.9. The van der Waals surface area contributed by atoms with Gasteiger partial charge in [0, 0.05) is 13.1 Å². The Bertz CT molecular complexity index is 1020. The molecule has 0 aromatic heterocycles. The molecular weight excluding hydrogens is 412 g/mol. The number of carbonyl (C=O) groups excluding carboxylic acids is 1. The number of hydrogen-bond donors (Lipinski definition) is 1. The zero-order valence-electron chi connectivity index (χ0n) is 13.3. The predicted molar refractivity (Wildman–Crippen MR) is 89.0 cm³/mol. The van der Waals surface area contributed by atoms with Gasteiger partial charge in [-0.1, -0.05) is 17.7 Å². The van der Waals surface area contributed by atoms with Crippen LogP contribution in [-0.2, 0) is 27.9 Å². The average molecular weight is 423 g/mol. The van der Waals surface area contributed by atoms with Crippen molar-refractivity contribution in [2.24, 2.45) is 0 Å². The monoisotopic (exact) mass is 422 g/mol. The summed E-state index contributed by atoms with van der Waals surface area (Å²) in [5.41, 5.74) is 0.666. The Morgan fingerprint density at radius 2 is 1.74 bits per heavy atom. The Kier molecular flexibility index (Phi) is 4.81. The Morgan fingerprint density at radius 3 is 2.37 bits per heavy atom. The molecule has 0 fully saturated rings. The molecule has 2 aromatic rings. The van der Waals surface area contributed by atoms with Gasteiger partial charge in [-0.05, 0) is 41.5 Å². The van der Waals surface area contributed by atoms with Crippen molar-refractivity contribution in [3.8, 4) is 0 Å². The quantitative estimate of drug-likeness (QED) is 0.767. The Morgan fingerprint density at radius 1 is 1.07 bits per heavy atom. The number of nitrogens with zero attached hydrogens (tertiary/aromatic N) is 1. The van der Waals surface area contributed by atoms with E-state index in [0.29, 0.717) is 16.0 Å². The molecular formula is C16H11ClF4N2O3S. The highest BCUT2D eigenvalue weighted by atomic mass is 35.5. The van der Waals surface area contributed by atoms with Crippen molar-refractivity contribution in [3.63, 3.8) is 0 Å². The van der Waals surface area contributed by atoms with Crippen LogP contribution in [0.5, 0.6) is 0 Å². The molecule has 144 valence electrons. The van der Waals surface area contributed by atoms with Crippen molar-refractivity contribution in [3.05, 3.63) is 58.4 Å². The second-order valence-electron chi connectivity index (χ2n) is 5.82. The van der Waals surface area contributed by atoms with Gasteiger partial charge in [-0.2, -0.15) is 13.2 Å². The lowest BCUT2D eigenvalue weighted by Gasteiger charge is -2.16. The SMILES string of the molecule is O=C(N1Cc2ccc(S(=O)(=O)Nc3ccc(F)cc3Cl)cc2C1)C(F)(F)F. The zero-order valence-corrected chi connectivity index (χ0v) is 14.9. The minimum absolute atomic E-state index is 0.0487. The number of hydrogen-bond acceptors (Lipinski definition) is 3. The Labute approximate surface area is 156 Å². The molecule has 1 aliphatic rings. The lowest BCUT2D eigenvalue weighted by Crippen LogP contribution is -2.37. The van der Waals surface area contributed by atoms with Crippen LogP contribution in [0.15, 0.2) is 41.3 Å². The number of halogens is 5. The fourth-order valence-electron chi connectivity index (χ4n) is 2.64. The molecule has 2 aromatic carbocycles. The van der Waals surface area contributed by atoms with Gasteiger partial charge in [0.15, 0.2) is 0 Å². The van der Waals surface area contributed by atoms with E-state index in [9.17, 15) is 30.8 Å². The lowest BCUT2D eigenvalue weighted by molar-refractivity contribution is -0.186. The summed E-state index contributed by atoms with van der Waals surface area (Å²) in [4.78, 5) is 11.7. The third kappa shape index (κ3) is 4.01. The molecule has 11 heteroatoms. The number of amides is 1. The molecule has 0 saturated heterocycles. The molecule has 1 heterocycles. The predicted octanol–water partition coefficient (Wildman–Crippen LogP) is 3.68. The number of alkyl halides is 3. The first-order chi connectivity index (χ1) is 12.5. The molecule has 3 rings (SSSR count). The van der Waals surface area contributed by atoms with Gasteiger partial charge in [0.05, 0.1) is 15.6 Å². The maximum atomic E-state index is 13.1. The van der Waals surface area contributed by atoms with Crippen LogP contribution in [0.1, 0.15) is 11.1 Å². The number of rotatable bonds is 3. The first kappa shape index (κ1) is 19.4. The van der Waals surface area contributed by atoms with Crippen molar-refractivity contribution in [1.82, 2.24) is 4.90 Å². The molecule has 0 unspecified atom stereocenters. The van der Waals surface area contributed by atoms with Crippen LogP contribution in [0.3, 0.4) is 0 Å². The first-order valence-corrected chi connectivity index (χ1v) is 9.29. The zero-order chi connectivity index (χ0) is 20.0. The maximum absolute atomic E-state index is 13.1. The second-order valence-corrected chi connectivity index (χ2v) is 7.91. The van der Waals surface area contributed by atoms with Crippen LogP contribution in [0, 0.1) is 5.82 Å². The van der Waals surface area contributed by atoms with Crippen LogP contribution < -0.4 is 4.72 Å². The fourth-order valence-corrected chi connectivity index (χ4v) is 4.04. The van der Waals surface area contributed by atoms with Crippen molar-refractivity contribution >= 4 is 33.2 Å². The summed E-state index contributed by atoms with van der Waals surface area (Å²) in [6.45, 7) is -0.612. The molecule has 5 nitrogen and oxygen atoms in total. The largest absolute Gasteiger partial charge is 0.471 e. The molecule has 1 N–H and O–H groups in total. The molecule has 0 spiro atoms. The number of benzene rings is 2. The van der Waals surface area contributed by atoms with E-state index in [0.717, 1.165) is 18.2 Å². The van der Waals surface area contributed by atoms with Gasteiger partial charge in [-0.3, -0.25) is 9.52 Å². The van der Waals surface area contributed by atoms with E-state index in [4.69, 9.17) is 11.6 Å². The summed E-state index contributed by atoms with van der Waals surface area (Å²) in [6.07, 6.45) is -5.00. The molecule has 0 aliphatic carbocycles. The topological polar surface area (TPSA) is 66.5 Å². The Balaban J connectivity index is 1.85. The molecule has 1 aliphatic heterocycles. The van der Waals surface area contributed by atoms with Gasteiger partial charge in [0.2, 0.25) is 0 Å². The fraction of sp³-hybridized carbons (Fsp3) is 0.188. The van der Waals surface area contributed by atoms with Crippen LogP contribution in [-0.4, -0.2) is 25.4 Å². The molecule has 0 saturated carbocycles. The van der Waals surface area contributed by atoms with Crippen molar-refractivity contribution < 1.29 is 30.8 Å². The summed E-state index contributed by atoms with van der Waals surface area (Å²) >= 11 is 5.80. The molecule has 1 amide bonds. The van der Waals surface area contributed by atoms with E-state index >= 15 is 0 Å². The molecule has 0 radical (unpaired) electrons. The van der Waals surface area contributed by atoms with E-state index in [1.54, 1.807) is 0 Å². The minimum atomic E-state index is -5.00. The van der Waals surface area contributed by atoms with E-state index in [2.05, 4.69) is 4.72 Å². The van der Waals surface area contributed by atoms with Gasteiger partial charge < -0.3 is 4.90 Å². The smallest absolute Gasteiger partial charge is 0.326 e. The first-order valence-electron chi connectivity index (χ1n) is 7.43.